The van der Waals surface area contributed by atoms with Crippen LogP contribution in [0.2, 0.25) is 8.67 Å². The van der Waals surface area contributed by atoms with Crippen LogP contribution in [0, 0.1) is 5.92 Å². The number of rotatable bonds is 2. The monoisotopic (exact) mass is 264 g/mol. The van der Waals surface area contributed by atoms with Gasteiger partial charge in [0.05, 0.1) is 17.0 Å². The Morgan fingerprint density at radius 2 is 2.33 bits per heavy atom. The molecule has 1 aliphatic heterocycles. The van der Waals surface area contributed by atoms with E-state index in [9.17, 15) is 4.79 Å². The minimum absolute atomic E-state index is 0.0486. The Morgan fingerprint density at radius 1 is 1.60 bits per heavy atom. The first kappa shape index (κ1) is 11.4. The van der Waals surface area contributed by atoms with Gasteiger partial charge in [-0.2, -0.15) is 0 Å². The Labute approximate surface area is 102 Å². The second kappa shape index (κ2) is 4.42. The van der Waals surface area contributed by atoms with Gasteiger partial charge >= 0.3 is 0 Å². The molecule has 2 rings (SSSR count). The van der Waals surface area contributed by atoms with Crippen LogP contribution in [-0.4, -0.2) is 18.5 Å². The number of Topliss-reactive ketones (excluding diaryl/α,β-unsaturated/α-hetero) is 1. The molecule has 2 nitrogen and oxygen atoms in total. The minimum atomic E-state index is -0.0665. The zero-order chi connectivity index (χ0) is 11.0. The summed E-state index contributed by atoms with van der Waals surface area (Å²) in [6, 6.07) is 1.64. The van der Waals surface area contributed by atoms with E-state index in [1.54, 1.807) is 6.07 Å². The minimum Gasteiger partial charge on any atom is -0.378 e. The summed E-state index contributed by atoms with van der Waals surface area (Å²) in [4.78, 5) is 12.0. The quantitative estimate of drug-likeness (QED) is 0.763. The zero-order valence-corrected chi connectivity index (χ0v) is 10.5. The third-order valence-corrected chi connectivity index (χ3v) is 3.98. The van der Waals surface area contributed by atoms with Gasteiger partial charge < -0.3 is 4.74 Å². The summed E-state index contributed by atoms with van der Waals surface area (Å²) < 4.78 is 6.39. The van der Waals surface area contributed by atoms with Crippen LogP contribution in [-0.2, 0) is 4.74 Å². The molecule has 15 heavy (non-hydrogen) atoms. The largest absolute Gasteiger partial charge is 0.378 e. The first-order valence-corrected chi connectivity index (χ1v) is 6.26. The molecule has 1 aromatic rings. The van der Waals surface area contributed by atoms with Crippen molar-refractivity contribution in [2.24, 2.45) is 5.92 Å². The van der Waals surface area contributed by atoms with Gasteiger partial charge in [0, 0.05) is 11.5 Å². The summed E-state index contributed by atoms with van der Waals surface area (Å²) in [5.41, 5.74) is 0.536. The number of halogens is 2. The molecular weight excluding hydrogens is 255 g/mol. The van der Waals surface area contributed by atoms with Crippen molar-refractivity contribution in [1.82, 2.24) is 0 Å². The molecule has 5 heteroatoms. The molecule has 2 unspecified atom stereocenters. The van der Waals surface area contributed by atoms with Gasteiger partial charge in [0.25, 0.3) is 0 Å². The van der Waals surface area contributed by atoms with Crippen LogP contribution in [0.1, 0.15) is 23.7 Å². The molecule has 0 saturated carbocycles. The molecule has 1 fully saturated rings. The molecule has 0 spiro atoms. The molecule has 2 atom stereocenters. The topological polar surface area (TPSA) is 26.3 Å². The van der Waals surface area contributed by atoms with E-state index in [0.29, 0.717) is 20.8 Å². The molecule has 0 aromatic carbocycles. The van der Waals surface area contributed by atoms with Gasteiger partial charge in [-0.1, -0.05) is 23.2 Å². The van der Waals surface area contributed by atoms with Crippen LogP contribution in [0.3, 0.4) is 0 Å². The number of hydrogen-bond acceptors (Lipinski definition) is 3. The lowest BCUT2D eigenvalue weighted by Crippen LogP contribution is -2.14. The van der Waals surface area contributed by atoms with E-state index in [4.69, 9.17) is 27.9 Å². The standard InChI is InChI=1S/C10H10Cl2O2S/c1-5-2-6(4-14-5)9(13)7-3-8(11)15-10(7)12/h3,5-6H,2,4H2,1H3. The SMILES string of the molecule is CC1CC(C(=O)c2cc(Cl)sc2Cl)CO1. The highest BCUT2D eigenvalue weighted by Gasteiger charge is 2.30. The lowest BCUT2D eigenvalue weighted by molar-refractivity contribution is 0.0878. The fourth-order valence-corrected chi connectivity index (χ4v) is 3.20. The van der Waals surface area contributed by atoms with E-state index < -0.39 is 0 Å². The number of hydrogen-bond donors (Lipinski definition) is 0. The maximum atomic E-state index is 12.0. The van der Waals surface area contributed by atoms with Crippen LogP contribution in [0.4, 0.5) is 0 Å². The number of ketones is 1. The molecule has 0 N–H and O–H groups in total. The van der Waals surface area contributed by atoms with Crippen LogP contribution in [0.25, 0.3) is 0 Å². The Morgan fingerprint density at radius 3 is 2.80 bits per heavy atom. The summed E-state index contributed by atoms with van der Waals surface area (Å²) >= 11 is 12.9. The van der Waals surface area contributed by atoms with Crippen molar-refractivity contribution in [2.75, 3.05) is 6.61 Å². The third kappa shape index (κ3) is 2.36. The predicted molar refractivity (Wildman–Crippen MR) is 62.2 cm³/mol. The highest BCUT2D eigenvalue weighted by molar-refractivity contribution is 7.20. The van der Waals surface area contributed by atoms with E-state index in [-0.39, 0.29) is 17.8 Å². The fourth-order valence-electron chi connectivity index (χ4n) is 1.73. The summed E-state index contributed by atoms with van der Waals surface area (Å²) in [6.07, 6.45) is 0.926. The molecular formula is C10H10Cl2O2S. The Balaban J connectivity index is 2.17. The van der Waals surface area contributed by atoms with Crippen molar-refractivity contribution >= 4 is 40.3 Å². The van der Waals surface area contributed by atoms with Crippen molar-refractivity contribution in [1.29, 1.82) is 0 Å². The van der Waals surface area contributed by atoms with Gasteiger partial charge in [0.15, 0.2) is 5.78 Å². The molecule has 0 radical (unpaired) electrons. The van der Waals surface area contributed by atoms with Gasteiger partial charge in [-0.25, -0.2) is 0 Å². The molecule has 0 bridgehead atoms. The van der Waals surface area contributed by atoms with Gasteiger partial charge in [-0.15, -0.1) is 11.3 Å². The van der Waals surface area contributed by atoms with Crippen molar-refractivity contribution in [2.45, 2.75) is 19.4 Å². The van der Waals surface area contributed by atoms with Crippen LogP contribution in [0.15, 0.2) is 6.07 Å². The molecule has 82 valence electrons. The van der Waals surface area contributed by atoms with Crippen LogP contribution < -0.4 is 0 Å². The molecule has 1 saturated heterocycles. The molecule has 2 heterocycles. The highest BCUT2D eigenvalue weighted by Crippen LogP contribution is 2.34. The average molecular weight is 265 g/mol. The number of carbonyl (C=O) groups is 1. The second-order valence-corrected chi connectivity index (χ2v) is 5.96. The third-order valence-electron chi connectivity index (χ3n) is 2.49. The first-order valence-electron chi connectivity index (χ1n) is 4.68. The Hall–Kier alpha value is -0.0900. The van der Waals surface area contributed by atoms with E-state index in [1.807, 2.05) is 6.92 Å². The van der Waals surface area contributed by atoms with E-state index in [2.05, 4.69) is 0 Å². The van der Waals surface area contributed by atoms with E-state index in [0.717, 1.165) is 6.42 Å². The van der Waals surface area contributed by atoms with Crippen molar-refractivity contribution in [3.63, 3.8) is 0 Å². The summed E-state index contributed by atoms with van der Waals surface area (Å²) in [6.45, 7) is 2.46. The van der Waals surface area contributed by atoms with Crippen molar-refractivity contribution in [3.8, 4) is 0 Å². The first-order chi connectivity index (χ1) is 7.08. The van der Waals surface area contributed by atoms with Crippen molar-refractivity contribution < 1.29 is 9.53 Å². The second-order valence-electron chi connectivity index (χ2n) is 3.68. The predicted octanol–water partition coefficient (Wildman–Crippen LogP) is 3.66. The molecule has 0 amide bonds. The van der Waals surface area contributed by atoms with Gasteiger partial charge in [0.1, 0.15) is 4.34 Å². The lowest BCUT2D eigenvalue weighted by Gasteiger charge is -2.04. The number of carbonyl (C=O) groups excluding carboxylic acids is 1. The summed E-state index contributed by atoms with van der Waals surface area (Å²) in [5, 5.41) is 0. The smallest absolute Gasteiger partial charge is 0.170 e. The number of ether oxygens (including phenoxy) is 1. The van der Waals surface area contributed by atoms with Crippen molar-refractivity contribution in [3.05, 3.63) is 20.3 Å². The van der Waals surface area contributed by atoms with Gasteiger partial charge in [-0.05, 0) is 19.4 Å². The maximum Gasteiger partial charge on any atom is 0.170 e. The van der Waals surface area contributed by atoms with Gasteiger partial charge in [0.2, 0.25) is 0 Å². The number of thiophene rings is 1. The molecule has 0 aliphatic carbocycles. The van der Waals surface area contributed by atoms with E-state index in [1.165, 1.54) is 11.3 Å². The Bertz CT molecular complexity index is 389. The molecule has 1 aromatic heterocycles. The average Bonchev–Trinajstić information content (AvgIpc) is 2.71. The highest BCUT2D eigenvalue weighted by atomic mass is 35.5. The lowest BCUT2D eigenvalue weighted by atomic mass is 9.97. The molecule has 1 aliphatic rings. The van der Waals surface area contributed by atoms with Crippen LogP contribution in [0.5, 0.6) is 0 Å². The maximum absolute atomic E-state index is 12.0. The van der Waals surface area contributed by atoms with E-state index >= 15 is 0 Å². The van der Waals surface area contributed by atoms with Gasteiger partial charge in [-0.3, -0.25) is 4.79 Å². The Kier molecular flexibility index (Phi) is 3.36. The fraction of sp³-hybridized carbons (Fsp3) is 0.500. The summed E-state index contributed by atoms with van der Waals surface area (Å²) in [5.74, 6) is -0.0179. The summed E-state index contributed by atoms with van der Waals surface area (Å²) in [7, 11) is 0. The zero-order valence-electron chi connectivity index (χ0n) is 8.13. The normalized spacial score (nSPS) is 25.8. The van der Waals surface area contributed by atoms with Crippen LogP contribution >= 0.6 is 34.5 Å².